The summed E-state index contributed by atoms with van der Waals surface area (Å²) in [5.41, 5.74) is 7.89. The SMILES string of the molecule is Cc1ccc(-c2ccc(Cl)cc2)c2c3c([nH]c12)CCNC3. The molecule has 0 fully saturated rings. The molecule has 0 saturated carbocycles. The van der Waals surface area contributed by atoms with Gasteiger partial charge in [-0.2, -0.15) is 0 Å². The van der Waals surface area contributed by atoms with E-state index in [1.54, 1.807) is 0 Å². The molecule has 0 spiro atoms. The van der Waals surface area contributed by atoms with Gasteiger partial charge in [0.1, 0.15) is 0 Å². The summed E-state index contributed by atoms with van der Waals surface area (Å²) < 4.78 is 0. The Labute approximate surface area is 129 Å². The molecule has 1 aliphatic heterocycles. The third-order valence-electron chi connectivity index (χ3n) is 4.36. The average Bonchev–Trinajstić information content (AvgIpc) is 2.90. The lowest BCUT2D eigenvalue weighted by Crippen LogP contribution is -2.22. The monoisotopic (exact) mass is 296 g/mol. The van der Waals surface area contributed by atoms with Crippen LogP contribution < -0.4 is 5.32 Å². The van der Waals surface area contributed by atoms with Crippen molar-refractivity contribution in [3.05, 3.63) is 58.2 Å². The molecule has 106 valence electrons. The third kappa shape index (κ3) is 2.06. The number of aromatic nitrogens is 1. The Bertz CT molecular complexity index is 815. The number of hydrogen-bond donors (Lipinski definition) is 2. The molecule has 0 bridgehead atoms. The summed E-state index contributed by atoms with van der Waals surface area (Å²) >= 11 is 6.02. The van der Waals surface area contributed by atoms with Gasteiger partial charge >= 0.3 is 0 Å². The van der Waals surface area contributed by atoms with Crippen molar-refractivity contribution in [3.63, 3.8) is 0 Å². The minimum Gasteiger partial charge on any atom is -0.358 e. The first-order chi connectivity index (χ1) is 10.2. The van der Waals surface area contributed by atoms with Crippen molar-refractivity contribution < 1.29 is 0 Å². The van der Waals surface area contributed by atoms with Crippen LogP contribution in [0.2, 0.25) is 5.02 Å². The van der Waals surface area contributed by atoms with Crippen molar-refractivity contribution in [3.8, 4) is 11.1 Å². The minimum absolute atomic E-state index is 0.778. The highest BCUT2D eigenvalue weighted by atomic mass is 35.5. The summed E-state index contributed by atoms with van der Waals surface area (Å²) in [6.45, 7) is 4.16. The zero-order valence-corrected chi connectivity index (χ0v) is 12.7. The molecule has 0 radical (unpaired) electrons. The van der Waals surface area contributed by atoms with Gasteiger partial charge in [-0.3, -0.25) is 0 Å². The second-order valence-corrected chi connectivity index (χ2v) is 6.13. The first-order valence-corrected chi connectivity index (χ1v) is 7.71. The fraction of sp³-hybridized carbons (Fsp3) is 0.222. The third-order valence-corrected chi connectivity index (χ3v) is 4.62. The molecule has 0 saturated heterocycles. The largest absolute Gasteiger partial charge is 0.358 e. The fourth-order valence-electron chi connectivity index (χ4n) is 3.26. The van der Waals surface area contributed by atoms with Gasteiger partial charge in [0.2, 0.25) is 0 Å². The van der Waals surface area contributed by atoms with Gasteiger partial charge in [-0.1, -0.05) is 35.9 Å². The standard InChI is InChI=1S/C18H17ClN2/c1-11-2-7-14(12-3-5-13(19)6-4-12)17-15-10-20-9-8-16(15)21-18(11)17/h2-7,20-21H,8-10H2,1H3. The maximum absolute atomic E-state index is 6.02. The smallest absolute Gasteiger partial charge is 0.0495 e. The lowest BCUT2D eigenvalue weighted by atomic mass is 9.95. The molecule has 3 aromatic rings. The number of aromatic amines is 1. The lowest BCUT2D eigenvalue weighted by Gasteiger charge is -2.14. The summed E-state index contributed by atoms with van der Waals surface area (Å²) in [5, 5.41) is 5.62. The van der Waals surface area contributed by atoms with Gasteiger partial charge in [0, 0.05) is 41.1 Å². The zero-order chi connectivity index (χ0) is 14.4. The van der Waals surface area contributed by atoms with Crippen LogP contribution in [0, 0.1) is 6.92 Å². The molecule has 0 amide bonds. The number of fused-ring (bicyclic) bond motifs is 3. The highest BCUT2D eigenvalue weighted by Crippen LogP contribution is 2.36. The molecular weight excluding hydrogens is 280 g/mol. The van der Waals surface area contributed by atoms with Crippen LogP contribution in [-0.4, -0.2) is 11.5 Å². The normalized spacial score (nSPS) is 14.4. The Morgan fingerprint density at radius 3 is 2.67 bits per heavy atom. The average molecular weight is 297 g/mol. The first-order valence-electron chi connectivity index (χ1n) is 7.34. The Kier molecular flexibility index (Phi) is 3.02. The maximum Gasteiger partial charge on any atom is 0.0495 e. The number of rotatable bonds is 1. The number of H-pyrrole nitrogens is 1. The summed E-state index contributed by atoms with van der Waals surface area (Å²) in [6.07, 6.45) is 1.07. The van der Waals surface area contributed by atoms with Gasteiger partial charge < -0.3 is 10.3 Å². The van der Waals surface area contributed by atoms with Crippen molar-refractivity contribution in [2.24, 2.45) is 0 Å². The van der Waals surface area contributed by atoms with Crippen molar-refractivity contribution in [2.45, 2.75) is 19.9 Å². The molecule has 3 heteroatoms. The Hall–Kier alpha value is -1.77. The number of benzene rings is 2. The predicted octanol–water partition coefficient (Wildman–Crippen LogP) is 4.44. The maximum atomic E-state index is 6.02. The van der Waals surface area contributed by atoms with Crippen molar-refractivity contribution in [2.75, 3.05) is 6.54 Å². The summed E-state index contributed by atoms with van der Waals surface area (Å²) in [7, 11) is 0. The summed E-state index contributed by atoms with van der Waals surface area (Å²) in [5.74, 6) is 0. The van der Waals surface area contributed by atoms with Gasteiger partial charge in [0.25, 0.3) is 0 Å². The van der Waals surface area contributed by atoms with Crippen LogP contribution in [-0.2, 0) is 13.0 Å². The van der Waals surface area contributed by atoms with E-state index in [0.29, 0.717) is 0 Å². The fourth-order valence-corrected chi connectivity index (χ4v) is 3.39. The molecule has 2 N–H and O–H groups in total. The molecular formula is C18H17ClN2. The highest BCUT2D eigenvalue weighted by molar-refractivity contribution is 6.30. The second kappa shape index (κ2) is 4.90. The predicted molar refractivity (Wildman–Crippen MR) is 88.9 cm³/mol. The zero-order valence-electron chi connectivity index (χ0n) is 12.0. The topological polar surface area (TPSA) is 27.8 Å². The number of hydrogen-bond acceptors (Lipinski definition) is 1. The molecule has 1 aromatic heterocycles. The van der Waals surface area contributed by atoms with Crippen molar-refractivity contribution in [1.82, 2.24) is 10.3 Å². The quantitative estimate of drug-likeness (QED) is 0.682. The number of aryl methyl sites for hydroxylation is 1. The van der Waals surface area contributed by atoms with Gasteiger partial charge in [-0.05, 0) is 41.3 Å². The summed E-state index contributed by atoms with van der Waals surface area (Å²) in [4.78, 5) is 3.64. The lowest BCUT2D eigenvalue weighted by molar-refractivity contribution is 0.641. The molecule has 4 rings (SSSR count). The van der Waals surface area contributed by atoms with Crippen LogP contribution in [0.1, 0.15) is 16.8 Å². The van der Waals surface area contributed by atoms with Crippen LogP contribution in [0.4, 0.5) is 0 Å². The van der Waals surface area contributed by atoms with Gasteiger partial charge in [0.05, 0.1) is 0 Å². The summed E-state index contributed by atoms with van der Waals surface area (Å²) in [6, 6.07) is 12.5. The van der Waals surface area contributed by atoms with E-state index in [1.807, 2.05) is 12.1 Å². The number of nitrogens with one attached hydrogen (secondary N) is 2. The molecule has 0 unspecified atom stereocenters. The van der Waals surface area contributed by atoms with E-state index < -0.39 is 0 Å². The molecule has 21 heavy (non-hydrogen) atoms. The Balaban J connectivity index is 2.03. The molecule has 2 aromatic carbocycles. The number of halogens is 1. The van der Waals surface area contributed by atoms with E-state index in [1.165, 1.54) is 38.9 Å². The molecule has 1 aliphatic rings. The van der Waals surface area contributed by atoms with Crippen LogP contribution >= 0.6 is 11.6 Å². The van der Waals surface area contributed by atoms with Crippen LogP contribution in [0.3, 0.4) is 0 Å². The van der Waals surface area contributed by atoms with Crippen molar-refractivity contribution >= 4 is 22.5 Å². The second-order valence-electron chi connectivity index (χ2n) is 5.70. The molecule has 0 aliphatic carbocycles. The van der Waals surface area contributed by atoms with Crippen LogP contribution in [0.25, 0.3) is 22.0 Å². The molecule has 2 nitrogen and oxygen atoms in total. The minimum atomic E-state index is 0.778. The van der Waals surface area contributed by atoms with E-state index in [9.17, 15) is 0 Å². The van der Waals surface area contributed by atoms with E-state index >= 15 is 0 Å². The Morgan fingerprint density at radius 2 is 1.86 bits per heavy atom. The van der Waals surface area contributed by atoms with Crippen molar-refractivity contribution in [1.29, 1.82) is 0 Å². The van der Waals surface area contributed by atoms with Crippen LogP contribution in [0.5, 0.6) is 0 Å². The van der Waals surface area contributed by atoms with E-state index in [-0.39, 0.29) is 0 Å². The van der Waals surface area contributed by atoms with E-state index in [4.69, 9.17) is 11.6 Å². The molecule has 2 heterocycles. The van der Waals surface area contributed by atoms with Gasteiger partial charge in [-0.15, -0.1) is 0 Å². The van der Waals surface area contributed by atoms with E-state index in [2.05, 4.69) is 41.5 Å². The first kappa shape index (κ1) is 12.9. The Morgan fingerprint density at radius 1 is 1.05 bits per heavy atom. The van der Waals surface area contributed by atoms with Gasteiger partial charge in [-0.25, -0.2) is 0 Å². The van der Waals surface area contributed by atoms with Crippen LogP contribution in [0.15, 0.2) is 36.4 Å². The highest BCUT2D eigenvalue weighted by Gasteiger charge is 2.19. The molecule has 0 atom stereocenters. The van der Waals surface area contributed by atoms with Gasteiger partial charge in [0.15, 0.2) is 0 Å². The van der Waals surface area contributed by atoms with E-state index in [0.717, 1.165) is 24.5 Å².